The summed E-state index contributed by atoms with van der Waals surface area (Å²) in [5, 5.41) is 4.90. The van der Waals surface area contributed by atoms with Gasteiger partial charge in [-0.1, -0.05) is 29.3 Å². The lowest BCUT2D eigenvalue weighted by atomic mass is 10.2. The van der Waals surface area contributed by atoms with E-state index < -0.39 is 10.0 Å². The first-order chi connectivity index (χ1) is 16.3. The molecule has 12 heteroatoms. The molecule has 4 rings (SSSR count). The van der Waals surface area contributed by atoms with Gasteiger partial charge in [0, 0.05) is 50.8 Å². The molecule has 2 heterocycles. The van der Waals surface area contributed by atoms with Gasteiger partial charge in [0.2, 0.25) is 5.95 Å². The Bertz CT molecular complexity index is 1250. The van der Waals surface area contributed by atoms with Gasteiger partial charge in [-0.05, 0) is 60.2 Å². The molecule has 0 spiro atoms. The average molecular weight is 537 g/mol. The second-order valence-corrected chi connectivity index (χ2v) is 10.5. The van der Waals surface area contributed by atoms with Crippen molar-refractivity contribution < 1.29 is 8.42 Å². The zero-order valence-electron chi connectivity index (χ0n) is 18.0. The summed E-state index contributed by atoms with van der Waals surface area (Å²) in [5.74, 6) is 0.0178. The van der Waals surface area contributed by atoms with Gasteiger partial charge in [-0.15, -0.1) is 0 Å². The first-order valence-electron chi connectivity index (χ1n) is 10.4. The first kappa shape index (κ1) is 24.6. The van der Waals surface area contributed by atoms with Crippen LogP contribution in [-0.4, -0.2) is 59.5 Å². The third kappa shape index (κ3) is 6.34. The van der Waals surface area contributed by atoms with Crippen LogP contribution in [0.2, 0.25) is 10.0 Å². The number of benzene rings is 2. The maximum Gasteiger partial charge on any atom is 0.264 e. The van der Waals surface area contributed by atoms with Crippen molar-refractivity contribution in [2.75, 3.05) is 36.2 Å². The molecular weight excluding hydrogens is 515 g/mol. The molecule has 1 aliphatic heterocycles. The Kier molecular flexibility index (Phi) is 7.84. The smallest absolute Gasteiger partial charge is 0.264 e. The minimum Gasteiger partial charge on any atom is -0.346 e. The average Bonchev–Trinajstić information content (AvgIpc) is 2.83. The number of nitrogens with one attached hydrogen (secondary N) is 2. The molecule has 178 valence electrons. The lowest BCUT2D eigenvalue weighted by Crippen LogP contribution is -2.49. The van der Waals surface area contributed by atoms with Crippen molar-refractivity contribution in [1.29, 1.82) is 0 Å². The Balaban J connectivity index is 1.29. The third-order valence-electron chi connectivity index (χ3n) is 5.26. The highest BCUT2D eigenvalue weighted by atomic mass is 35.5. The maximum atomic E-state index is 12.5. The van der Waals surface area contributed by atoms with Gasteiger partial charge in [0.25, 0.3) is 10.0 Å². The predicted octanol–water partition coefficient (Wildman–Crippen LogP) is 4.10. The summed E-state index contributed by atoms with van der Waals surface area (Å²) in [5.41, 5.74) is 1.82. The van der Waals surface area contributed by atoms with Crippen molar-refractivity contribution in [2.45, 2.75) is 11.4 Å². The van der Waals surface area contributed by atoms with E-state index in [0.717, 1.165) is 38.3 Å². The summed E-state index contributed by atoms with van der Waals surface area (Å²) in [6.45, 7) is 4.06. The van der Waals surface area contributed by atoms with Crippen LogP contribution >= 0.6 is 35.4 Å². The summed E-state index contributed by atoms with van der Waals surface area (Å²) < 4.78 is 27.4. The maximum absolute atomic E-state index is 12.5. The minimum absolute atomic E-state index is 0.0178. The van der Waals surface area contributed by atoms with Crippen LogP contribution in [0.3, 0.4) is 0 Å². The fourth-order valence-electron chi connectivity index (χ4n) is 3.46. The van der Waals surface area contributed by atoms with E-state index in [9.17, 15) is 8.42 Å². The summed E-state index contributed by atoms with van der Waals surface area (Å²) >= 11 is 17.7. The van der Waals surface area contributed by atoms with E-state index in [4.69, 9.17) is 35.4 Å². The van der Waals surface area contributed by atoms with Gasteiger partial charge in [0.1, 0.15) is 0 Å². The van der Waals surface area contributed by atoms with Gasteiger partial charge in [-0.2, -0.15) is 0 Å². The van der Waals surface area contributed by atoms with Gasteiger partial charge in [0.05, 0.1) is 14.9 Å². The second kappa shape index (κ2) is 10.8. The first-order valence-corrected chi connectivity index (χ1v) is 13.1. The van der Waals surface area contributed by atoms with E-state index in [1.54, 1.807) is 18.2 Å². The number of aromatic nitrogens is 2. The lowest BCUT2D eigenvalue weighted by molar-refractivity contribution is 0.177. The number of anilines is 2. The summed E-state index contributed by atoms with van der Waals surface area (Å²) in [7, 11) is -3.78. The highest BCUT2D eigenvalue weighted by Gasteiger charge is 2.20. The van der Waals surface area contributed by atoms with Crippen molar-refractivity contribution in [2.24, 2.45) is 0 Å². The van der Waals surface area contributed by atoms with Crippen molar-refractivity contribution in [1.82, 2.24) is 19.8 Å². The minimum atomic E-state index is -3.78. The normalized spacial score (nSPS) is 14.6. The molecule has 34 heavy (non-hydrogen) atoms. The Labute approximate surface area is 214 Å². The monoisotopic (exact) mass is 536 g/mol. The van der Waals surface area contributed by atoms with E-state index in [1.165, 1.54) is 24.5 Å². The quantitative estimate of drug-likeness (QED) is 0.455. The molecule has 1 aliphatic rings. The summed E-state index contributed by atoms with van der Waals surface area (Å²) in [6.07, 6.45) is 2.93. The lowest BCUT2D eigenvalue weighted by Gasteiger charge is -2.36. The van der Waals surface area contributed by atoms with Gasteiger partial charge in [-0.25, -0.2) is 23.1 Å². The molecule has 0 amide bonds. The Morgan fingerprint density at radius 3 is 2.29 bits per heavy atom. The SMILES string of the molecule is O=S(=O)(Nc1ncccn1)c1ccc(NC(=S)N2CCN(Cc3ccc(Cl)c(Cl)c3)CC2)cc1. The molecule has 0 unspecified atom stereocenters. The van der Waals surface area contributed by atoms with Crippen LogP contribution in [0.25, 0.3) is 0 Å². The number of hydrogen-bond donors (Lipinski definition) is 2. The molecule has 1 fully saturated rings. The fourth-order valence-corrected chi connectivity index (χ4v) is 5.04. The molecule has 0 bridgehead atoms. The summed E-state index contributed by atoms with van der Waals surface area (Å²) in [6, 6.07) is 13.7. The van der Waals surface area contributed by atoms with E-state index in [0.29, 0.717) is 20.8 Å². The Hall–Kier alpha value is -2.50. The van der Waals surface area contributed by atoms with Crippen molar-refractivity contribution >= 4 is 62.2 Å². The zero-order valence-corrected chi connectivity index (χ0v) is 21.1. The number of sulfonamides is 1. The molecule has 2 aromatic carbocycles. The van der Waals surface area contributed by atoms with E-state index >= 15 is 0 Å². The van der Waals surface area contributed by atoms with Crippen molar-refractivity contribution in [3.05, 3.63) is 76.5 Å². The van der Waals surface area contributed by atoms with Crippen LogP contribution < -0.4 is 10.0 Å². The van der Waals surface area contributed by atoms with Crippen LogP contribution in [0.4, 0.5) is 11.6 Å². The standard InChI is InChI=1S/C22H22Cl2N6O2S2/c23-19-7-2-16(14-20(19)24)15-29-10-12-30(13-11-29)22(33)27-17-3-5-18(6-4-17)34(31,32)28-21-25-8-1-9-26-21/h1-9,14H,10-13,15H2,(H,27,33)(H,25,26,28). The molecule has 0 radical (unpaired) electrons. The number of halogens is 2. The Morgan fingerprint density at radius 2 is 1.65 bits per heavy atom. The molecule has 3 aromatic rings. The van der Waals surface area contributed by atoms with Gasteiger partial charge >= 0.3 is 0 Å². The number of piperazine rings is 1. The predicted molar refractivity (Wildman–Crippen MR) is 139 cm³/mol. The molecule has 2 N–H and O–H groups in total. The topological polar surface area (TPSA) is 90.5 Å². The number of thiocarbonyl (C=S) groups is 1. The second-order valence-electron chi connectivity index (χ2n) is 7.64. The zero-order chi connectivity index (χ0) is 24.1. The molecule has 0 saturated carbocycles. The molecule has 1 aromatic heterocycles. The van der Waals surface area contributed by atoms with E-state index in [1.807, 2.05) is 18.2 Å². The van der Waals surface area contributed by atoms with Crippen molar-refractivity contribution in [3.8, 4) is 0 Å². The van der Waals surface area contributed by atoms with Crippen LogP contribution in [0.5, 0.6) is 0 Å². The number of rotatable bonds is 6. The fraction of sp³-hybridized carbons (Fsp3) is 0.227. The highest BCUT2D eigenvalue weighted by Crippen LogP contribution is 2.23. The third-order valence-corrected chi connectivity index (χ3v) is 7.70. The van der Waals surface area contributed by atoms with Gasteiger partial charge in [-0.3, -0.25) is 4.90 Å². The number of nitrogens with zero attached hydrogens (tertiary/aromatic N) is 4. The summed E-state index contributed by atoms with van der Waals surface area (Å²) in [4.78, 5) is 12.3. The van der Waals surface area contributed by atoms with E-state index in [-0.39, 0.29) is 10.8 Å². The van der Waals surface area contributed by atoms with Crippen LogP contribution in [0.15, 0.2) is 65.8 Å². The molecule has 1 saturated heterocycles. The molecule has 0 atom stereocenters. The molecular formula is C22H22Cl2N6O2S2. The van der Waals surface area contributed by atoms with Gasteiger partial charge < -0.3 is 10.2 Å². The van der Waals surface area contributed by atoms with Crippen LogP contribution in [0, 0.1) is 0 Å². The highest BCUT2D eigenvalue weighted by molar-refractivity contribution is 7.92. The molecule has 0 aliphatic carbocycles. The largest absolute Gasteiger partial charge is 0.346 e. The number of hydrogen-bond acceptors (Lipinski definition) is 6. The van der Waals surface area contributed by atoms with Crippen LogP contribution in [-0.2, 0) is 16.6 Å². The Morgan fingerprint density at radius 1 is 0.971 bits per heavy atom. The molecule has 8 nitrogen and oxygen atoms in total. The van der Waals surface area contributed by atoms with Crippen molar-refractivity contribution in [3.63, 3.8) is 0 Å². The van der Waals surface area contributed by atoms with Crippen LogP contribution in [0.1, 0.15) is 5.56 Å². The van der Waals surface area contributed by atoms with Gasteiger partial charge in [0.15, 0.2) is 5.11 Å². The van der Waals surface area contributed by atoms with E-state index in [2.05, 4.69) is 29.8 Å².